The van der Waals surface area contributed by atoms with E-state index in [2.05, 4.69) is 55.0 Å². The van der Waals surface area contributed by atoms with E-state index in [-0.39, 0.29) is 24.8 Å². The van der Waals surface area contributed by atoms with Crippen molar-refractivity contribution < 1.29 is 19.1 Å². The zero-order chi connectivity index (χ0) is 30.1. The van der Waals surface area contributed by atoms with Gasteiger partial charge in [0.1, 0.15) is 0 Å². The molecule has 2 aliphatic rings. The molecule has 8 bridgehead atoms. The fourth-order valence-corrected chi connectivity index (χ4v) is 5.85. The van der Waals surface area contributed by atoms with Crippen LogP contribution >= 0.6 is 0 Å². The first-order valence-electron chi connectivity index (χ1n) is 14.4. The lowest BCUT2D eigenvalue weighted by Crippen LogP contribution is -2.01. The van der Waals surface area contributed by atoms with Crippen LogP contribution in [0.25, 0.3) is 44.4 Å². The van der Waals surface area contributed by atoms with Gasteiger partial charge >= 0.3 is 11.9 Å². The molecule has 3 aromatic rings. The van der Waals surface area contributed by atoms with Crippen LogP contribution in [-0.4, -0.2) is 46.1 Å². The third-order valence-electron chi connectivity index (χ3n) is 8.40. The molecule has 0 atom stereocenters. The minimum Gasteiger partial charge on any atom is -0.469 e. The van der Waals surface area contributed by atoms with E-state index in [4.69, 9.17) is 19.4 Å². The number of hydrogen-bond acceptors (Lipinski definition) is 6. The molecule has 0 aliphatic carbocycles. The van der Waals surface area contributed by atoms with Gasteiger partial charge in [-0.25, -0.2) is 9.97 Å². The Morgan fingerprint density at radius 2 is 1.26 bits per heavy atom. The number of nitrogens with one attached hydrogen (secondary N) is 2. The van der Waals surface area contributed by atoms with Crippen LogP contribution in [0.4, 0.5) is 0 Å². The number of allylic oxidation sites excluding steroid dienone is 4. The monoisotopic (exact) mass is 566 g/mol. The molecule has 8 nitrogen and oxygen atoms in total. The van der Waals surface area contributed by atoms with E-state index in [9.17, 15) is 9.59 Å². The Kier molecular flexibility index (Phi) is 8.16. The van der Waals surface area contributed by atoms with Gasteiger partial charge in [0.2, 0.25) is 0 Å². The molecule has 5 rings (SSSR count). The van der Waals surface area contributed by atoms with Gasteiger partial charge in [0.15, 0.2) is 0 Å². The van der Waals surface area contributed by atoms with E-state index >= 15 is 0 Å². The predicted octanol–water partition coefficient (Wildman–Crippen LogP) is 7.26. The van der Waals surface area contributed by atoms with Crippen molar-refractivity contribution in [2.45, 2.75) is 66.7 Å². The van der Waals surface area contributed by atoms with Crippen LogP contribution in [0, 0.1) is 13.8 Å². The number of hydrogen-bond donors (Lipinski definition) is 2. The highest BCUT2D eigenvalue weighted by atomic mass is 16.5. The molecule has 8 heteroatoms. The first-order valence-corrected chi connectivity index (χ1v) is 14.4. The molecule has 0 aromatic carbocycles. The summed E-state index contributed by atoms with van der Waals surface area (Å²) in [5.41, 5.74) is 14.9. The number of aromatic amines is 2. The van der Waals surface area contributed by atoms with Crippen molar-refractivity contribution >= 4 is 56.3 Å². The second kappa shape index (κ2) is 11.8. The quantitative estimate of drug-likeness (QED) is 0.291. The molecule has 218 valence electrons. The number of carbonyl (C=O) groups is 2. The fourth-order valence-electron chi connectivity index (χ4n) is 5.85. The summed E-state index contributed by atoms with van der Waals surface area (Å²) in [6.45, 7) is 10.5. The molecule has 0 saturated heterocycles. The van der Waals surface area contributed by atoms with Crippen molar-refractivity contribution in [3.8, 4) is 0 Å². The van der Waals surface area contributed by atoms with Crippen LogP contribution in [0.1, 0.15) is 85.9 Å². The van der Waals surface area contributed by atoms with Gasteiger partial charge < -0.3 is 19.4 Å². The van der Waals surface area contributed by atoms with Gasteiger partial charge in [-0.15, -0.1) is 0 Å². The van der Waals surface area contributed by atoms with Crippen LogP contribution in [-0.2, 0) is 25.5 Å². The van der Waals surface area contributed by atoms with Gasteiger partial charge in [-0.05, 0) is 116 Å². The number of H-pyrrole nitrogens is 2. The van der Waals surface area contributed by atoms with Crippen molar-refractivity contribution in [3.63, 3.8) is 0 Å². The van der Waals surface area contributed by atoms with Gasteiger partial charge in [-0.1, -0.05) is 6.92 Å². The molecule has 2 aliphatic heterocycles. The number of rotatable bonds is 7. The summed E-state index contributed by atoms with van der Waals surface area (Å²) in [7, 11) is 2.81. The van der Waals surface area contributed by atoms with E-state index < -0.39 is 0 Å². The van der Waals surface area contributed by atoms with E-state index in [1.54, 1.807) is 0 Å². The summed E-state index contributed by atoms with van der Waals surface area (Å²) in [6, 6.07) is 10.4. The van der Waals surface area contributed by atoms with Gasteiger partial charge in [0.25, 0.3) is 0 Å². The summed E-state index contributed by atoms with van der Waals surface area (Å²) in [5, 5.41) is 0. The lowest BCUT2D eigenvalue weighted by Gasteiger charge is -2.06. The van der Waals surface area contributed by atoms with Gasteiger partial charge in [0.05, 0.1) is 37.0 Å². The summed E-state index contributed by atoms with van der Waals surface area (Å²) >= 11 is 0. The Balaban J connectivity index is 1.84. The Morgan fingerprint density at radius 1 is 0.690 bits per heavy atom. The third-order valence-corrected chi connectivity index (χ3v) is 8.40. The lowest BCUT2D eigenvalue weighted by molar-refractivity contribution is -0.141. The first-order chi connectivity index (χ1) is 20.1. The smallest absolute Gasteiger partial charge is 0.305 e. The lowest BCUT2D eigenvalue weighted by atomic mass is 9.98. The van der Waals surface area contributed by atoms with Crippen LogP contribution in [0.5, 0.6) is 0 Å². The summed E-state index contributed by atoms with van der Waals surface area (Å²) in [5.74, 6) is -0.535. The van der Waals surface area contributed by atoms with Crippen molar-refractivity contribution in [1.82, 2.24) is 19.9 Å². The number of aryl methyl sites for hydroxylation is 3. The van der Waals surface area contributed by atoms with Crippen LogP contribution < -0.4 is 0 Å². The Morgan fingerprint density at radius 3 is 1.81 bits per heavy atom. The summed E-state index contributed by atoms with van der Waals surface area (Å²) in [6.07, 6.45) is 2.38. The van der Waals surface area contributed by atoms with Crippen molar-refractivity contribution in [2.75, 3.05) is 14.2 Å². The van der Waals surface area contributed by atoms with E-state index in [0.717, 1.165) is 79.1 Å². The zero-order valence-electron chi connectivity index (χ0n) is 25.4. The molecular weight excluding hydrogens is 528 g/mol. The van der Waals surface area contributed by atoms with E-state index in [1.807, 2.05) is 19.9 Å². The minimum atomic E-state index is -0.268. The standard InChI is InChI=1S/C34H38N4O4/c1-8-23-19(3)28-16-29-21(5)25(10-12-34(40)42-7)32(38-29)17-31-24(9-11-33(39)41-6)20(4)27(36-31)14-22-13-18(2)26(35-22)15-30(23)37-28/h13-17,35,37H,8-12H2,1-7H3. The summed E-state index contributed by atoms with van der Waals surface area (Å²) < 4.78 is 9.86. The van der Waals surface area contributed by atoms with Crippen LogP contribution in [0.15, 0.2) is 30.3 Å². The van der Waals surface area contributed by atoms with Crippen molar-refractivity contribution in [3.05, 3.63) is 69.8 Å². The SMILES string of the molecule is CCc1c(C)c2cc3nc(cc4nc(cc5cc(C)c(cc1[nH]2)[nH]5)C(C)=C4CCC(=O)OC)C(CCC(=O)OC)=C3C. The van der Waals surface area contributed by atoms with Gasteiger partial charge in [0, 0.05) is 34.9 Å². The van der Waals surface area contributed by atoms with Crippen LogP contribution in [0.3, 0.4) is 0 Å². The molecule has 0 fully saturated rings. The Labute approximate surface area is 245 Å². The molecule has 0 saturated carbocycles. The normalized spacial score (nSPS) is 13.1. The average Bonchev–Trinajstić information content (AvgIpc) is 3.65. The molecule has 2 N–H and O–H groups in total. The number of aromatic nitrogens is 4. The molecule has 0 unspecified atom stereocenters. The molecule has 5 heterocycles. The zero-order valence-corrected chi connectivity index (χ0v) is 25.4. The highest BCUT2D eigenvalue weighted by Crippen LogP contribution is 2.37. The number of ether oxygens (including phenoxy) is 2. The highest BCUT2D eigenvalue weighted by molar-refractivity contribution is 5.96. The molecule has 3 aromatic heterocycles. The Hall–Kier alpha value is -4.46. The number of esters is 2. The predicted molar refractivity (Wildman–Crippen MR) is 167 cm³/mol. The fraction of sp³-hybridized carbons (Fsp3) is 0.353. The maximum absolute atomic E-state index is 12.1. The summed E-state index contributed by atoms with van der Waals surface area (Å²) in [4.78, 5) is 41.5. The Bertz CT molecular complexity index is 1820. The van der Waals surface area contributed by atoms with E-state index in [0.29, 0.717) is 12.8 Å². The van der Waals surface area contributed by atoms with Gasteiger partial charge in [-0.3, -0.25) is 9.59 Å². The molecule has 0 radical (unpaired) electrons. The topological polar surface area (TPSA) is 110 Å². The van der Waals surface area contributed by atoms with Crippen molar-refractivity contribution in [1.29, 1.82) is 0 Å². The second-order valence-corrected chi connectivity index (χ2v) is 10.9. The van der Waals surface area contributed by atoms with Crippen LogP contribution in [0.2, 0.25) is 0 Å². The molecule has 0 spiro atoms. The number of nitrogens with zero attached hydrogens (tertiary/aromatic N) is 2. The highest BCUT2D eigenvalue weighted by Gasteiger charge is 2.22. The minimum absolute atomic E-state index is 0.250. The number of methoxy groups -OCH3 is 2. The maximum Gasteiger partial charge on any atom is 0.305 e. The first kappa shape index (κ1) is 29.0. The average molecular weight is 567 g/mol. The number of carbonyl (C=O) groups excluding carboxylic acids is 2. The van der Waals surface area contributed by atoms with Gasteiger partial charge in [-0.2, -0.15) is 0 Å². The molecular formula is C34H38N4O4. The third kappa shape index (κ3) is 5.53. The number of fused-ring (bicyclic) bond motifs is 8. The molecule has 0 amide bonds. The van der Waals surface area contributed by atoms with E-state index in [1.165, 1.54) is 25.3 Å². The largest absolute Gasteiger partial charge is 0.469 e. The van der Waals surface area contributed by atoms with Crippen molar-refractivity contribution in [2.24, 2.45) is 0 Å². The second-order valence-electron chi connectivity index (χ2n) is 10.9. The molecule has 42 heavy (non-hydrogen) atoms. The maximum atomic E-state index is 12.1.